The molecule has 0 aliphatic carbocycles. The Morgan fingerprint density at radius 1 is 1.15 bits per heavy atom. The number of rotatable bonds is 6. The maximum atomic E-state index is 5.91. The summed E-state index contributed by atoms with van der Waals surface area (Å²) in [6.07, 6.45) is 0. The third-order valence-corrected chi connectivity index (χ3v) is 3.38. The standard InChI is InChI=1S/C18H31NO/c1-13(2)17-9-8-16(10-15(17)4)20-12-14(3)11-19-18(5,6)7/h8-10,13-14,19H,11-12H2,1-7H3. The summed E-state index contributed by atoms with van der Waals surface area (Å²) in [5.74, 6) is 2.05. The van der Waals surface area contributed by atoms with Gasteiger partial charge in [-0.15, -0.1) is 0 Å². The van der Waals surface area contributed by atoms with Crippen LogP contribution in [-0.4, -0.2) is 18.7 Å². The molecule has 0 saturated carbocycles. The van der Waals surface area contributed by atoms with Crippen molar-refractivity contribution in [2.45, 2.75) is 59.9 Å². The molecular weight excluding hydrogens is 246 g/mol. The Morgan fingerprint density at radius 3 is 2.30 bits per heavy atom. The molecule has 1 unspecified atom stereocenters. The van der Waals surface area contributed by atoms with Gasteiger partial charge in [-0.05, 0) is 56.9 Å². The van der Waals surface area contributed by atoms with Gasteiger partial charge in [-0.1, -0.05) is 26.8 Å². The van der Waals surface area contributed by atoms with E-state index in [4.69, 9.17) is 4.74 Å². The Bertz CT molecular complexity index is 418. The molecule has 0 saturated heterocycles. The Kier molecular flexibility index (Phi) is 6.07. The van der Waals surface area contributed by atoms with Crippen LogP contribution in [0.2, 0.25) is 0 Å². The average molecular weight is 277 g/mol. The summed E-state index contributed by atoms with van der Waals surface area (Å²) in [5, 5.41) is 3.51. The SMILES string of the molecule is Cc1cc(OCC(C)CNC(C)(C)C)ccc1C(C)C. The molecule has 0 fully saturated rings. The zero-order chi connectivity index (χ0) is 15.3. The molecular formula is C18H31NO. The van der Waals surface area contributed by atoms with E-state index in [9.17, 15) is 0 Å². The summed E-state index contributed by atoms with van der Waals surface area (Å²) in [6, 6.07) is 6.43. The highest BCUT2D eigenvalue weighted by Crippen LogP contribution is 2.23. The summed E-state index contributed by atoms with van der Waals surface area (Å²) in [4.78, 5) is 0. The van der Waals surface area contributed by atoms with Crippen molar-refractivity contribution in [2.75, 3.05) is 13.2 Å². The molecule has 114 valence electrons. The van der Waals surface area contributed by atoms with Gasteiger partial charge < -0.3 is 10.1 Å². The van der Waals surface area contributed by atoms with Gasteiger partial charge in [0.15, 0.2) is 0 Å². The normalized spacial score (nSPS) is 13.6. The van der Waals surface area contributed by atoms with Crippen molar-refractivity contribution < 1.29 is 4.74 Å². The lowest BCUT2D eigenvalue weighted by molar-refractivity contribution is 0.244. The van der Waals surface area contributed by atoms with Gasteiger partial charge in [-0.2, -0.15) is 0 Å². The molecule has 2 heteroatoms. The first-order valence-corrected chi connectivity index (χ1v) is 7.67. The summed E-state index contributed by atoms with van der Waals surface area (Å²) >= 11 is 0. The summed E-state index contributed by atoms with van der Waals surface area (Å²) < 4.78 is 5.91. The van der Waals surface area contributed by atoms with E-state index >= 15 is 0 Å². The van der Waals surface area contributed by atoms with Crippen LogP contribution in [-0.2, 0) is 0 Å². The molecule has 0 amide bonds. The second kappa shape index (κ2) is 7.12. The summed E-state index contributed by atoms with van der Waals surface area (Å²) in [7, 11) is 0. The maximum Gasteiger partial charge on any atom is 0.119 e. The maximum absolute atomic E-state index is 5.91. The minimum atomic E-state index is 0.170. The van der Waals surface area contributed by atoms with Gasteiger partial charge in [-0.3, -0.25) is 0 Å². The Labute approximate surface area is 124 Å². The van der Waals surface area contributed by atoms with Gasteiger partial charge in [0, 0.05) is 18.0 Å². The highest BCUT2D eigenvalue weighted by molar-refractivity contribution is 5.36. The van der Waals surface area contributed by atoms with E-state index in [0.717, 1.165) is 18.9 Å². The van der Waals surface area contributed by atoms with Gasteiger partial charge in [0.1, 0.15) is 5.75 Å². The second-order valence-electron chi connectivity index (χ2n) is 7.22. The number of aryl methyl sites for hydroxylation is 1. The fourth-order valence-electron chi connectivity index (χ4n) is 2.16. The molecule has 20 heavy (non-hydrogen) atoms. The third kappa shape index (κ3) is 5.96. The summed E-state index contributed by atoms with van der Waals surface area (Å²) in [5.41, 5.74) is 2.89. The fraction of sp³-hybridized carbons (Fsp3) is 0.667. The van der Waals surface area contributed by atoms with Crippen LogP contribution in [0, 0.1) is 12.8 Å². The Morgan fingerprint density at radius 2 is 1.80 bits per heavy atom. The van der Waals surface area contributed by atoms with E-state index < -0.39 is 0 Å². The highest BCUT2D eigenvalue weighted by atomic mass is 16.5. The van der Waals surface area contributed by atoms with Crippen LogP contribution >= 0.6 is 0 Å². The molecule has 0 bridgehead atoms. The molecule has 0 radical (unpaired) electrons. The van der Waals surface area contributed by atoms with Crippen LogP contribution in [0.25, 0.3) is 0 Å². The van der Waals surface area contributed by atoms with E-state index in [1.807, 2.05) is 0 Å². The monoisotopic (exact) mass is 277 g/mol. The average Bonchev–Trinajstić information content (AvgIpc) is 2.32. The number of hydrogen-bond acceptors (Lipinski definition) is 2. The van der Waals surface area contributed by atoms with Crippen molar-refractivity contribution in [3.63, 3.8) is 0 Å². The predicted octanol–water partition coefficient (Wildman–Crippen LogP) is 4.52. The molecule has 0 spiro atoms. The number of benzene rings is 1. The van der Waals surface area contributed by atoms with Gasteiger partial charge in [0.2, 0.25) is 0 Å². The molecule has 2 nitrogen and oxygen atoms in total. The molecule has 1 N–H and O–H groups in total. The second-order valence-corrected chi connectivity index (χ2v) is 7.22. The van der Waals surface area contributed by atoms with Crippen LogP contribution in [0.5, 0.6) is 5.75 Å². The number of ether oxygens (including phenoxy) is 1. The number of hydrogen-bond donors (Lipinski definition) is 1. The van der Waals surface area contributed by atoms with Gasteiger partial charge in [0.25, 0.3) is 0 Å². The third-order valence-electron chi connectivity index (χ3n) is 3.38. The lowest BCUT2D eigenvalue weighted by Crippen LogP contribution is -2.39. The molecule has 0 heterocycles. The topological polar surface area (TPSA) is 21.3 Å². The van der Waals surface area contributed by atoms with Crippen LogP contribution in [0.15, 0.2) is 18.2 Å². The Hall–Kier alpha value is -1.02. The largest absolute Gasteiger partial charge is 0.493 e. The summed E-state index contributed by atoms with van der Waals surface area (Å²) in [6.45, 7) is 17.1. The van der Waals surface area contributed by atoms with Crippen LogP contribution in [0.1, 0.15) is 58.6 Å². The van der Waals surface area contributed by atoms with E-state index in [0.29, 0.717) is 11.8 Å². The van der Waals surface area contributed by atoms with Gasteiger partial charge in [-0.25, -0.2) is 0 Å². The fourth-order valence-corrected chi connectivity index (χ4v) is 2.16. The van der Waals surface area contributed by atoms with Crippen molar-refractivity contribution in [3.8, 4) is 5.75 Å². The zero-order valence-electron chi connectivity index (χ0n) is 14.2. The highest BCUT2D eigenvalue weighted by Gasteiger charge is 2.12. The Balaban J connectivity index is 2.48. The van der Waals surface area contributed by atoms with E-state index in [1.54, 1.807) is 0 Å². The van der Waals surface area contributed by atoms with Crippen LogP contribution < -0.4 is 10.1 Å². The van der Waals surface area contributed by atoms with E-state index in [1.165, 1.54) is 11.1 Å². The molecule has 0 aromatic heterocycles. The van der Waals surface area contributed by atoms with Crippen LogP contribution in [0.3, 0.4) is 0 Å². The lowest BCUT2D eigenvalue weighted by Gasteiger charge is -2.23. The van der Waals surface area contributed by atoms with Crippen molar-refractivity contribution >= 4 is 0 Å². The molecule has 1 aromatic carbocycles. The first kappa shape index (κ1) is 17.0. The predicted molar refractivity (Wildman–Crippen MR) is 87.7 cm³/mol. The molecule has 0 aliphatic heterocycles. The first-order valence-electron chi connectivity index (χ1n) is 7.67. The quantitative estimate of drug-likeness (QED) is 0.825. The molecule has 1 atom stereocenters. The van der Waals surface area contributed by atoms with E-state index in [-0.39, 0.29) is 5.54 Å². The van der Waals surface area contributed by atoms with Crippen LogP contribution in [0.4, 0.5) is 0 Å². The van der Waals surface area contributed by atoms with Crippen molar-refractivity contribution in [1.29, 1.82) is 0 Å². The van der Waals surface area contributed by atoms with Gasteiger partial charge >= 0.3 is 0 Å². The van der Waals surface area contributed by atoms with Crippen molar-refractivity contribution in [1.82, 2.24) is 5.32 Å². The molecule has 0 aliphatic rings. The van der Waals surface area contributed by atoms with Gasteiger partial charge in [0.05, 0.1) is 6.61 Å². The van der Waals surface area contributed by atoms with E-state index in [2.05, 4.69) is 72.0 Å². The lowest BCUT2D eigenvalue weighted by atomic mass is 9.98. The number of nitrogens with one attached hydrogen (secondary N) is 1. The van der Waals surface area contributed by atoms with Crippen molar-refractivity contribution in [2.24, 2.45) is 5.92 Å². The zero-order valence-corrected chi connectivity index (χ0v) is 14.2. The molecule has 1 rings (SSSR count). The molecule has 1 aromatic rings. The smallest absolute Gasteiger partial charge is 0.119 e. The minimum Gasteiger partial charge on any atom is -0.493 e. The van der Waals surface area contributed by atoms with Crippen molar-refractivity contribution in [3.05, 3.63) is 29.3 Å². The minimum absolute atomic E-state index is 0.170. The first-order chi connectivity index (χ1) is 9.19.